The Morgan fingerprint density at radius 3 is 2.42 bits per heavy atom. The molecule has 1 aliphatic rings. The Labute approximate surface area is 113 Å². The molecule has 0 aromatic heterocycles. The normalized spacial score (nSPS) is 18.1. The van der Waals surface area contributed by atoms with Crippen molar-refractivity contribution in [3.8, 4) is 0 Å². The molecule has 0 radical (unpaired) electrons. The minimum Gasteiger partial charge on any atom is -0.480 e. The van der Waals surface area contributed by atoms with Crippen molar-refractivity contribution in [1.82, 2.24) is 10.6 Å². The lowest BCUT2D eigenvalue weighted by atomic mass is 9.82. The van der Waals surface area contributed by atoms with Gasteiger partial charge in [-0.05, 0) is 26.7 Å². The minimum absolute atomic E-state index is 0.119. The highest BCUT2D eigenvalue weighted by molar-refractivity contribution is 5.86. The molecule has 1 aliphatic carbocycles. The van der Waals surface area contributed by atoms with Gasteiger partial charge in [-0.1, -0.05) is 19.3 Å². The maximum Gasteiger partial charge on any atom is 0.329 e. The van der Waals surface area contributed by atoms with Crippen LogP contribution >= 0.6 is 0 Å². The van der Waals surface area contributed by atoms with E-state index >= 15 is 0 Å². The van der Waals surface area contributed by atoms with Gasteiger partial charge in [-0.25, -0.2) is 9.59 Å². The minimum atomic E-state index is -1.10. The molecular formula is C13H24N2O4. The topological polar surface area (TPSA) is 87.7 Å². The third-order valence-electron chi connectivity index (χ3n) is 3.31. The fourth-order valence-corrected chi connectivity index (χ4v) is 2.27. The second kappa shape index (κ2) is 7.33. The highest BCUT2D eigenvalue weighted by Crippen LogP contribution is 2.28. The number of ether oxygens (including phenoxy) is 1. The number of carbonyl (C=O) groups excluding carboxylic acids is 1. The summed E-state index contributed by atoms with van der Waals surface area (Å²) in [5.74, 6) is -0.944. The van der Waals surface area contributed by atoms with Crippen LogP contribution in [0.5, 0.6) is 0 Å². The average Bonchev–Trinajstić information content (AvgIpc) is 2.35. The van der Waals surface area contributed by atoms with Gasteiger partial charge >= 0.3 is 12.0 Å². The Morgan fingerprint density at radius 1 is 1.26 bits per heavy atom. The highest BCUT2D eigenvalue weighted by atomic mass is 16.5. The smallest absolute Gasteiger partial charge is 0.329 e. The lowest BCUT2D eigenvalue weighted by molar-refractivity contribution is -0.145. The molecule has 2 amide bonds. The van der Waals surface area contributed by atoms with E-state index in [9.17, 15) is 14.7 Å². The molecule has 0 spiro atoms. The summed E-state index contributed by atoms with van der Waals surface area (Å²) < 4.78 is 5.30. The maximum absolute atomic E-state index is 11.7. The highest BCUT2D eigenvalue weighted by Gasteiger charge is 2.40. The number of urea groups is 1. The lowest BCUT2D eigenvalue weighted by Crippen LogP contribution is -2.58. The van der Waals surface area contributed by atoms with E-state index in [4.69, 9.17) is 4.74 Å². The summed E-state index contributed by atoms with van der Waals surface area (Å²) in [4.78, 5) is 23.1. The number of nitrogens with one attached hydrogen (secondary N) is 2. The molecule has 110 valence electrons. The van der Waals surface area contributed by atoms with Crippen LogP contribution in [0.4, 0.5) is 4.79 Å². The van der Waals surface area contributed by atoms with Crippen molar-refractivity contribution in [2.75, 3.05) is 13.2 Å². The van der Waals surface area contributed by atoms with Crippen LogP contribution in [0.25, 0.3) is 0 Å². The summed E-state index contributed by atoms with van der Waals surface area (Å²) >= 11 is 0. The van der Waals surface area contributed by atoms with Gasteiger partial charge in [0.05, 0.1) is 12.7 Å². The summed E-state index contributed by atoms with van der Waals surface area (Å²) in [5, 5.41) is 14.6. The van der Waals surface area contributed by atoms with Crippen molar-refractivity contribution in [2.45, 2.75) is 57.6 Å². The first-order chi connectivity index (χ1) is 8.96. The molecule has 19 heavy (non-hydrogen) atoms. The molecule has 6 heteroatoms. The molecule has 1 fully saturated rings. The third kappa shape index (κ3) is 5.06. The van der Waals surface area contributed by atoms with Crippen LogP contribution in [-0.4, -0.2) is 41.9 Å². The Hall–Kier alpha value is -1.30. The van der Waals surface area contributed by atoms with E-state index in [2.05, 4.69) is 10.6 Å². The number of carboxylic acids is 1. The van der Waals surface area contributed by atoms with Crippen molar-refractivity contribution in [1.29, 1.82) is 0 Å². The van der Waals surface area contributed by atoms with Gasteiger partial charge in [0.1, 0.15) is 5.54 Å². The van der Waals surface area contributed by atoms with E-state index in [0.29, 0.717) is 26.0 Å². The zero-order valence-electron chi connectivity index (χ0n) is 11.7. The van der Waals surface area contributed by atoms with Crippen molar-refractivity contribution in [2.24, 2.45) is 0 Å². The summed E-state index contributed by atoms with van der Waals surface area (Å²) in [6.45, 7) is 4.63. The molecule has 1 rings (SSSR count). The first-order valence-electron chi connectivity index (χ1n) is 6.87. The van der Waals surface area contributed by atoms with Crippen LogP contribution in [0, 0.1) is 0 Å². The molecule has 3 N–H and O–H groups in total. The van der Waals surface area contributed by atoms with Gasteiger partial charge in [0.15, 0.2) is 0 Å². The Morgan fingerprint density at radius 2 is 1.89 bits per heavy atom. The second-order valence-electron chi connectivity index (χ2n) is 5.25. The zero-order chi connectivity index (χ0) is 14.3. The van der Waals surface area contributed by atoms with Gasteiger partial charge in [-0.2, -0.15) is 0 Å². The van der Waals surface area contributed by atoms with E-state index in [0.717, 1.165) is 19.3 Å². The fraction of sp³-hybridized carbons (Fsp3) is 0.846. The van der Waals surface area contributed by atoms with Crippen LogP contribution < -0.4 is 10.6 Å². The first-order valence-corrected chi connectivity index (χ1v) is 6.87. The summed E-state index contributed by atoms with van der Waals surface area (Å²) in [7, 11) is 0. The SMILES string of the molecule is CC(C)OCCNC(=O)NC1(C(=O)O)CCCCC1. The van der Waals surface area contributed by atoms with Gasteiger partial charge < -0.3 is 20.5 Å². The van der Waals surface area contributed by atoms with Gasteiger partial charge in [0.2, 0.25) is 0 Å². The van der Waals surface area contributed by atoms with Gasteiger partial charge in [0.25, 0.3) is 0 Å². The summed E-state index contributed by atoms with van der Waals surface area (Å²) in [6, 6.07) is -0.434. The largest absolute Gasteiger partial charge is 0.480 e. The summed E-state index contributed by atoms with van der Waals surface area (Å²) in [6.07, 6.45) is 3.82. The van der Waals surface area contributed by atoms with Gasteiger partial charge in [-0.3, -0.25) is 0 Å². The number of rotatable bonds is 6. The molecule has 0 aliphatic heterocycles. The third-order valence-corrected chi connectivity index (χ3v) is 3.31. The second-order valence-corrected chi connectivity index (χ2v) is 5.25. The predicted molar refractivity (Wildman–Crippen MR) is 71.1 cm³/mol. The van der Waals surface area contributed by atoms with Crippen molar-refractivity contribution in [3.63, 3.8) is 0 Å². The number of amides is 2. The van der Waals surface area contributed by atoms with Crippen molar-refractivity contribution in [3.05, 3.63) is 0 Å². The Balaban J connectivity index is 2.37. The number of carboxylic acid groups (broad SMARTS) is 1. The van der Waals surface area contributed by atoms with E-state index in [-0.39, 0.29) is 6.10 Å². The van der Waals surface area contributed by atoms with Crippen molar-refractivity contribution >= 4 is 12.0 Å². The molecule has 0 aromatic carbocycles. The average molecular weight is 272 g/mol. The van der Waals surface area contributed by atoms with Crippen LogP contribution in [0.1, 0.15) is 46.0 Å². The van der Waals surface area contributed by atoms with Gasteiger partial charge in [-0.15, -0.1) is 0 Å². The molecule has 0 aromatic rings. The monoisotopic (exact) mass is 272 g/mol. The molecule has 1 saturated carbocycles. The fourth-order valence-electron chi connectivity index (χ4n) is 2.27. The van der Waals surface area contributed by atoms with E-state index in [1.54, 1.807) is 0 Å². The number of hydrogen-bond acceptors (Lipinski definition) is 3. The maximum atomic E-state index is 11.7. The molecular weight excluding hydrogens is 248 g/mol. The summed E-state index contributed by atoms with van der Waals surface area (Å²) in [5.41, 5.74) is -1.10. The van der Waals surface area contributed by atoms with E-state index in [1.165, 1.54) is 0 Å². The molecule has 0 bridgehead atoms. The van der Waals surface area contributed by atoms with Crippen LogP contribution in [0.2, 0.25) is 0 Å². The van der Waals surface area contributed by atoms with Gasteiger partial charge in [0, 0.05) is 6.54 Å². The standard InChI is InChI=1S/C13H24N2O4/c1-10(2)19-9-8-14-12(18)15-13(11(16)17)6-4-3-5-7-13/h10H,3-9H2,1-2H3,(H,16,17)(H2,14,15,18). The van der Waals surface area contributed by atoms with E-state index < -0.39 is 17.5 Å². The Bertz CT molecular complexity index is 312. The van der Waals surface area contributed by atoms with Crippen molar-refractivity contribution < 1.29 is 19.4 Å². The van der Waals surface area contributed by atoms with Crippen LogP contribution in [0.3, 0.4) is 0 Å². The molecule has 6 nitrogen and oxygen atoms in total. The first kappa shape index (κ1) is 15.8. The van der Waals surface area contributed by atoms with E-state index in [1.807, 2.05) is 13.8 Å². The molecule has 0 heterocycles. The molecule has 0 unspecified atom stereocenters. The quantitative estimate of drug-likeness (QED) is 0.639. The lowest BCUT2D eigenvalue weighted by Gasteiger charge is -2.33. The molecule has 0 atom stereocenters. The predicted octanol–water partition coefficient (Wildman–Crippen LogP) is 1.50. The number of carbonyl (C=O) groups is 2. The molecule has 0 saturated heterocycles. The zero-order valence-corrected chi connectivity index (χ0v) is 11.7. The van der Waals surface area contributed by atoms with Crippen LogP contribution in [-0.2, 0) is 9.53 Å². The van der Waals surface area contributed by atoms with Crippen LogP contribution in [0.15, 0.2) is 0 Å². The number of hydrogen-bond donors (Lipinski definition) is 3. The Kier molecular flexibility index (Phi) is 6.08. The number of aliphatic carboxylic acids is 1.